The Kier molecular flexibility index (Phi) is 3.61. The number of rotatable bonds is 4. The Bertz CT molecular complexity index is 512. The maximum atomic E-state index is 6.01. The lowest BCUT2D eigenvalue weighted by Gasteiger charge is -2.06. The summed E-state index contributed by atoms with van der Waals surface area (Å²) in [5.74, 6) is 1.16. The molecule has 0 aliphatic heterocycles. The molecule has 2 heterocycles. The molecule has 0 saturated heterocycles. The number of aromatic nitrogens is 3. The van der Waals surface area contributed by atoms with Gasteiger partial charge in [-0.25, -0.2) is 4.98 Å². The fraction of sp³-hybridized carbons (Fsp3) is 0.273. The third kappa shape index (κ3) is 2.95. The van der Waals surface area contributed by atoms with E-state index in [9.17, 15) is 0 Å². The number of halogens is 1. The fourth-order valence-corrected chi connectivity index (χ4v) is 1.56. The first-order valence-electron chi connectivity index (χ1n) is 5.15. The summed E-state index contributed by atoms with van der Waals surface area (Å²) in [6, 6.07) is 3.50. The first-order valence-corrected chi connectivity index (χ1v) is 5.53. The van der Waals surface area contributed by atoms with Crippen LogP contribution < -0.4 is 10.1 Å². The van der Waals surface area contributed by atoms with Gasteiger partial charge in [-0.15, -0.1) is 0 Å². The zero-order valence-electron chi connectivity index (χ0n) is 9.64. The van der Waals surface area contributed by atoms with Gasteiger partial charge < -0.3 is 10.1 Å². The van der Waals surface area contributed by atoms with Crippen molar-refractivity contribution in [3.63, 3.8) is 0 Å². The monoisotopic (exact) mass is 252 g/mol. The minimum Gasteiger partial charge on any atom is -0.436 e. The van der Waals surface area contributed by atoms with E-state index in [4.69, 9.17) is 16.3 Å². The number of nitrogens with one attached hydrogen (secondary N) is 1. The second kappa shape index (κ2) is 5.16. The second-order valence-corrected chi connectivity index (χ2v) is 3.97. The van der Waals surface area contributed by atoms with Crippen molar-refractivity contribution < 1.29 is 4.74 Å². The summed E-state index contributed by atoms with van der Waals surface area (Å²) in [6.07, 6.45) is 3.40. The Balaban J connectivity index is 2.18. The molecule has 0 aliphatic rings. The van der Waals surface area contributed by atoms with E-state index in [1.807, 2.05) is 14.1 Å². The minimum absolute atomic E-state index is 0.507. The van der Waals surface area contributed by atoms with E-state index < -0.39 is 0 Å². The molecule has 0 radical (unpaired) electrons. The van der Waals surface area contributed by atoms with E-state index in [2.05, 4.69) is 15.4 Å². The molecule has 17 heavy (non-hydrogen) atoms. The molecular weight excluding hydrogens is 240 g/mol. The molecule has 0 unspecified atom stereocenters. The molecule has 0 spiro atoms. The van der Waals surface area contributed by atoms with E-state index in [0.29, 0.717) is 23.2 Å². The van der Waals surface area contributed by atoms with Crippen molar-refractivity contribution in [1.82, 2.24) is 20.1 Å². The summed E-state index contributed by atoms with van der Waals surface area (Å²) >= 11 is 6.01. The molecular formula is C11H13ClN4O. The van der Waals surface area contributed by atoms with E-state index in [0.717, 1.165) is 5.69 Å². The van der Waals surface area contributed by atoms with Crippen LogP contribution >= 0.6 is 11.6 Å². The van der Waals surface area contributed by atoms with Crippen LogP contribution in [0.1, 0.15) is 5.69 Å². The predicted octanol–water partition coefficient (Wildman–Crippen LogP) is 1.98. The van der Waals surface area contributed by atoms with Crippen LogP contribution in [0.25, 0.3) is 0 Å². The van der Waals surface area contributed by atoms with Crippen molar-refractivity contribution in [3.8, 4) is 11.6 Å². The number of pyridine rings is 1. The Labute approximate surface area is 104 Å². The summed E-state index contributed by atoms with van der Waals surface area (Å²) in [5.41, 5.74) is 0.760. The number of hydrogen-bond acceptors (Lipinski definition) is 4. The van der Waals surface area contributed by atoms with Gasteiger partial charge in [-0.05, 0) is 13.1 Å². The summed E-state index contributed by atoms with van der Waals surface area (Å²) in [4.78, 5) is 4.31. The number of aryl methyl sites for hydroxylation is 1. The lowest BCUT2D eigenvalue weighted by Crippen LogP contribution is -2.07. The first-order chi connectivity index (χ1) is 8.19. The standard InChI is InChI=1S/C11H13ClN4O/c1-13-6-10-9(12)3-4-11(15-10)17-8-5-14-16(2)7-8/h3-5,7,13H,6H2,1-2H3. The van der Waals surface area contributed by atoms with Crippen molar-refractivity contribution in [2.24, 2.45) is 7.05 Å². The summed E-state index contributed by atoms with van der Waals surface area (Å²) in [5, 5.41) is 7.64. The second-order valence-electron chi connectivity index (χ2n) is 3.56. The summed E-state index contributed by atoms with van der Waals surface area (Å²) in [6.45, 7) is 0.600. The van der Waals surface area contributed by atoms with E-state index >= 15 is 0 Å². The van der Waals surface area contributed by atoms with Gasteiger partial charge in [0.2, 0.25) is 5.88 Å². The average Bonchev–Trinajstić information content (AvgIpc) is 2.69. The van der Waals surface area contributed by atoms with Gasteiger partial charge in [-0.2, -0.15) is 5.10 Å². The lowest BCUT2D eigenvalue weighted by molar-refractivity contribution is 0.459. The molecule has 2 aromatic heterocycles. The Morgan fingerprint density at radius 1 is 1.47 bits per heavy atom. The van der Waals surface area contributed by atoms with Crippen molar-refractivity contribution in [2.75, 3.05) is 7.05 Å². The van der Waals surface area contributed by atoms with Gasteiger partial charge in [0.15, 0.2) is 5.75 Å². The van der Waals surface area contributed by atoms with Gasteiger partial charge in [0.1, 0.15) is 0 Å². The van der Waals surface area contributed by atoms with Crippen LogP contribution in [0.2, 0.25) is 5.02 Å². The van der Waals surface area contributed by atoms with Gasteiger partial charge in [-0.3, -0.25) is 4.68 Å². The normalized spacial score (nSPS) is 10.5. The highest BCUT2D eigenvalue weighted by Crippen LogP contribution is 2.22. The lowest BCUT2D eigenvalue weighted by atomic mass is 10.3. The van der Waals surface area contributed by atoms with Crippen LogP contribution in [0.4, 0.5) is 0 Å². The van der Waals surface area contributed by atoms with Crippen molar-refractivity contribution in [3.05, 3.63) is 35.2 Å². The highest BCUT2D eigenvalue weighted by molar-refractivity contribution is 6.31. The third-order valence-electron chi connectivity index (χ3n) is 2.14. The first kappa shape index (κ1) is 11.9. The molecule has 0 saturated carbocycles. The molecule has 90 valence electrons. The number of ether oxygens (including phenoxy) is 1. The zero-order chi connectivity index (χ0) is 12.3. The zero-order valence-corrected chi connectivity index (χ0v) is 10.4. The molecule has 2 aromatic rings. The van der Waals surface area contributed by atoms with E-state index in [-0.39, 0.29) is 0 Å². The smallest absolute Gasteiger partial charge is 0.219 e. The molecule has 6 heteroatoms. The van der Waals surface area contributed by atoms with Crippen LogP contribution in [0.15, 0.2) is 24.5 Å². The SMILES string of the molecule is CNCc1nc(Oc2cnn(C)c2)ccc1Cl. The fourth-order valence-electron chi connectivity index (χ4n) is 1.38. The molecule has 1 N–H and O–H groups in total. The van der Waals surface area contributed by atoms with E-state index in [1.54, 1.807) is 29.2 Å². The molecule has 0 fully saturated rings. The van der Waals surface area contributed by atoms with Gasteiger partial charge in [0.25, 0.3) is 0 Å². The van der Waals surface area contributed by atoms with Crippen LogP contribution in [0.5, 0.6) is 11.6 Å². The molecule has 2 rings (SSSR count). The number of hydrogen-bond donors (Lipinski definition) is 1. The van der Waals surface area contributed by atoms with Crippen molar-refractivity contribution in [2.45, 2.75) is 6.54 Å². The molecule has 0 amide bonds. The summed E-state index contributed by atoms with van der Waals surface area (Å²) < 4.78 is 7.23. The Morgan fingerprint density at radius 2 is 2.29 bits per heavy atom. The third-order valence-corrected chi connectivity index (χ3v) is 2.49. The molecule has 0 bridgehead atoms. The highest BCUT2D eigenvalue weighted by Gasteiger charge is 2.05. The summed E-state index contributed by atoms with van der Waals surface area (Å²) in [7, 11) is 3.67. The largest absolute Gasteiger partial charge is 0.436 e. The van der Waals surface area contributed by atoms with Crippen LogP contribution in [0, 0.1) is 0 Å². The Morgan fingerprint density at radius 3 is 2.94 bits per heavy atom. The van der Waals surface area contributed by atoms with Crippen LogP contribution in [-0.4, -0.2) is 21.8 Å². The molecule has 5 nitrogen and oxygen atoms in total. The van der Waals surface area contributed by atoms with Gasteiger partial charge in [0, 0.05) is 19.7 Å². The predicted molar refractivity (Wildman–Crippen MR) is 65.3 cm³/mol. The maximum Gasteiger partial charge on any atom is 0.219 e. The van der Waals surface area contributed by atoms with Gasteiger partial charge in [0.05, 0.1) is 23.1 Å². The maximum absolute atomic E-state index is 6.01. The molecule has 0 atom stereocenters. The van der Waals surface area contributed by atoms with Gasteiger partial charge >= 0.3 is 0 Å². The van der Waals surface area contributed by atoms with Crippen LogP contribution in [-0.2, 0) is 13.6 Å². The average molecular weight is 253 g/mol. The molecule has 0 aromatic carbocycles. The van der Waals surface area contributed by atoms with E-state index in [1.165, 1.54) is 0 Å². The number of nitrogens with zero attached hydrogens (tertiary/aromatic N) is 3. The highest BCUT2D eigenvalue weighted by atomic mass is 35.5. The van der Waals surface area contributed by atoms with Crippen molar-refractivity contribution >= 4 is 11.6 Å². The minimum atomic E-state index is 0.507. The Hall–Kier alpha value is -1.59. The van der Waals surface area contributed by atoms with Crippen molar-refractivity contribution in [1.29, 1.82) is 0 Å². The quantitative estimate of drug-likeness (QED) is 0.904. The topological polar surface area (TPSA) is 52.0 Å². The van der Waals surface area contributed by atoms with Gasteiger partial charge in [-0.1, -0.05) is 11.6 Å². The van der Waals surface area contributed by atoms with Crippen LogP contribution in [0.3, 0.4) is 0 Å². The molecule has 0 aliphatic carbocycles.